The number of thioether (sulfide) groups is 1. The molecule has 0 unspecified atom stereocenters. The summed E-state index contributed by atoms with van der Waals surface area (Å²) in [5.41, 5.74) is 1.63. The van der Waals surface area contributed by atoms with Crippen LogP contribution in [-0.2, 0) is 11.2 Å². The number of H-pyrrole nitrogens is 1. The van der Waals surface area contributed by atoms with E-state index in [0.717, 1.165) is 10.7 Å². The van der Waals surface area contributed by atoms with Crippen molar-refractivity contribution in [2.75, 3.05) is 24.7 Å². The second-order valence-electron chi connectivity index (χ2n) is 4.85. The van der Waals surface area contributed by atoms with E-state index in [-0.39, 0.29) is 11.9 Å². The van der Waals surface area contributed by atoms with Crippen molar-refractivity contribution in [1.29, 1.82) is 0 Å². The minimum Gasteiger partial charge on any atom is -0.359 e. The van der Waals surface area contributed by atoms with Gasteiger partial charge in [-0.25, -0.2) is 9.78 Å². The van der Waals surface area contributed by atoms with E-state index in [1.807, 2.05) is 24.3 Å². The summed E-state index contributed by atoms with van der Waals surface area (Å²) >= 11 is 1.48. The zero-order chi connectivity index (χ0) is 17.2. The maximum Gasteiger partial charge on any atom is 0.319 e. The van der Waals surface area contributed by atoms with Crippen LogP contribution in [0.1, 0.15) is 12.0 Å². The van der Waals surface area contributed by atoms with E-state index in [2.05, 4.69) is 31.1 Å². The van der Waals surface area contributed by atoms with Crippen molar-refractivity contribution in [3.63, 3.8) is 0 Å². The van der Waals surface area contributed by atoms with Gasteiger partial charge in [0.15, 0.2) is 5.16 Å². The predicted molar refractivity (Wildman–Crippen MR) is 93.0 cm³/mol. The molecule has 128 valence electrons. The summed E-state index contributed by atoms with van der Waals surface area (Å²) in [5, 5.41) is 15.4. The van der Waals surface area contributed by atoms with Crippen LogP contribution in [0, 0.1) is 0 Å². The molecule has 0 aliphatic heterocycles. The number of nitrogens with zero attached hydrogens (tertiary/aromatic N) is 2. The number of carbonyl (C=O) groups is 2. The van der Waals surface area contributed by atoms with E-state index in [9.17, 15) is 9.59 Å². The molecule has 0 fully saturated rings. The molecule has 24 heavy (non-hydrogen) atoms. The molecule has 0 saturated heterocycles. The average Bonchev–Trinajstić information content (AvgIpc) is 3.11. The minimum absolute atomic E-state index is 0.0290. The summed E-state index contributed by atoms with van der Waals surface area (Å²) in [5.74, 6) is 0.652. The highest BCUT2D eigenvalue weighted by molar-refractivity contribution is 7.99. The van der Waals surface area contributed by atoms with Crippen LogP contribution in [0.25, 0.3) is 0 Å². The third kappa shape index (κ3) is 5.92. The van der Waals surface area contributed by atoms with E-state index < -0.39 is 0 Å². The van der Waals surface area contributed by atoms with Crippen LogP contribution >= 0.6 is 11.8 Å². The van der Waals surface area contributed by atoms with Crippen LogP contribution in [0.4, 0.5) is 10.5 Å². The number of amides is 3. The van der Waals surface area contributed by atoms with E-state index in [1.54, 1.807) is 7.05 Å². The van der Waals surface area contributed by atoms with Crippen LogP contribution < -0.4 is 16.0 Å². The molecule has 1 aromatic carbocycles. The monoisotopic (exact) mass is 348 g/mol. The van der Waals surface area contributed by atoms with Gasteiger partial charge in [0.1, 0.15) is 6.33 Å². The average molecular weight is 348 g/mol. The first-order valence-electron chi connectivity index (χ1n) is 7.50. The normalized spacial score (nSPS) is 10.2. The molecule has 2 aromatic rings. The SMILES string of the molecule is CNC(=O)CCc1ccccc1NC(=O)NCCSc1ncn[nH]1. The molecule has 0 aliphatic rings. The largest absolute Gasteiger partial charge is 0.359 e. The summed E-state index contributed by atoms with van der Waals surface area (Å²) in [6.45, 7) is 0.498. The van der Waals surface area contributed by atoms with Crippen LogP contribution in [0.2, 0.25) is 0 Å². The van der Waals surface area contributed by atoms with Crippen LogP contribution in [0.5, 0.6) is 0 Å². The maximum atomic E-state index is 12.0. The fourth-order valence-electron chi connectivity index (χ4n) is 1.98. The van der Waals surface area contributed by atoms with Gasteiger partial charge < -0.3 is 16.0 Å². The first kappa shape index (κ1) is 17.8. The Labute approximate surface area is 144 Å². The number of aromatic nitrogens is 3. The molecule has 1 heterocycles. The lowest BCUT2D eigenvalue weighted by Crippen LogP contribution is -2.31. The molecular formula is C15H20N6O2S. The van der Waals surface area contributed by atoms with Crippen molar-refractivity contribution >= 4 is 29.4 Å². The second-order valence-corrected chi connectivity index (χ2v) is 5.93. The number of rotatable bonds is 8. The zero-order valence-electron chi connectivity index (χ0n) is 13.3. The smallest absolute Gasteiger partial charge is 0.319 e. The number of para-hydroxylation sites is 1. The Hall–Kier alpha value is -2.55. The Morgan fingerprint density at radius 3 is 2.88 bits per heavy atom. The molecular weight excluding hydrogens is 328 g/mol. The molecule has 8 nitrogen and oxygen atoms in total. The highest BCUT2D eigenvalue weighted by atomic mass is 32.2. The molecule has 0 spiro atoms. The summed E-state index contributed by atoms with van der Waals surface area (Å²) in [7, 11) is 1.61. The molecule has 9 heteroatoms. The highest BCUT2D eigenvalue weighted by Gasteiger charge is 2.08. The van der Waals surface area contributed by atoms with Gasteiger partial charge in [-0.15, -0.1) is 0 Å². The zero-order valence-corrected chi connectivity index (χ0v) is 14.2. The summed E-state index contributed by atoms with van der Waals surface area (Å²) < 4.78 is 0. The number of benzene rings is 1. The molecule has 0 aliphatic carbocycles. The molecule has 0 radical (unpaired) electrons. The van der Waals surface area contributed by atoms with Gasteiger partial charge in [0, 0.05) is 31.5 Å². The molecule has 4 N–H and O–H groups in total. The number of nitrogens with one attached hydrogen (secondary N) is 4. The fourth-order valence-corrected chi connectivity index (χ4v) is 2.61. The van der Waals surface area contributed by atoms with Gasteiger partial charge >= 0.3 is 6.03 Å². The standard InChI is InChI=1S/C15H20N6O2S/c1-16-13(22)7-6-11-4-2-3-5-12(11)20-14(23)17-8-9-24-15-18-10-19-21-15/h2-5,10H,6-9H2,1H3,(H,16,22)(H2,17,20,23)(H,18,19,21). The summed E-state index contributed by atoms with van der Waals surface area (Å²) in [4.78, 5) is 27.3. The lowest BCUT2D eigenvalue weighted by Gasteiger charge is -2.11. The van der Waals surface area contributed by atoms with Crippen LogP contribution in [0.15, 0.2) is 35.7 Å². The molecule has 0 atom stereocenters. The van der Waals surface area contributed by atoms with E-state index in [0.29, 0.717) is 30.8 Å². The first-order chi connectivity index (χ1) is 11.7. The van der Waals surface area contributed by atoms with Crippen molar-refractivity contribution < 1.29 is 9.59 Å². The van der Waals surface area contributed by atoms with Gasteiger partial charge in [0.25, 0.3) is 0 Å². The van der Waals surface area contributed by atoms with Gasteiger partial charge in [-0.05, 0) is 18.1 Å². The number of hydrogen-bond donors (Lipinski definition) is 4. The van der Waals surface area contributed by atoms with E-state index in [4.69, 9.17) is 0 Å². The van der Waals surface area contributed by atoms with Gasteiger partial charge in [0.2, 0.25) is 5.91 Å². The molecule has 0 saturated carbocycles. The third-order valence-electron chi connectivity index (χ3n) is 3.19. The van der Waals surface area contributed by atoms with Crippen LogP contribution in [-0.4, -0.2) is 46.5 Å². The molecule has 1 aromatic heterocycles. The van der Waals surface area contributed by atoms with Gasteiger partial charge in [0.05, 0.1) is 0 Å². The lowest BCUT2D eigenvalue weighted by molar-refractivity contribution is -0.120. The second kappa shape index (κ2) is 9.56. The molecule has 3 amide bonds. The highest BCUT2D eigenvalue weighted by Crippen LogP contribution is 2.16. The van der Waals surface area contributed by atoms with Crippen molar-refractivity contribution in [2.45, 2.75) is 18.0 Å². The Bertz CT molecular complexity index is 662. The third-order valence-corrected chi connectivity index (χ3v) is 4.06. The fraction of sp³-hybridized carbons (Fsp3) is 0.333. The Morgan fingerprint density at radius 1 is 1.29 bits per heavy atom. The predicted octanol–water partition coefficient (Wildman–Crippen LogP) is 1.40. The van der Waals surface area contributed by atoms with E-state index in [1.165, 1.54) is 18.1 Å². The number of urea groups is 1. The minimum atomic E-state index is -0.277. The topological polar surface area (TPSA) is 112 Å². The molecule has 2 rings (SSSR count). The summed E-state index contributed by atoms with van der Waals surface area (Å²) in [6, 6.07) is 7.18. The van der Waals surface area contributed by atoms with Crippen LogP contribution in [0.3, 0.4) is 0 Å². The van der Waals surface area contributed by atoms with Crippen molar-refractivity contribution in [1.82, 2.24) is 25.8 Å². The lowest BCUT2D eigenvalue weighted by atomic mass is 10.1. The molecule has 0 bridgehead atoms. The number of carbonyl (C=O) groups excluding carboxylic acids is 2. The Morgan fingerprint density at radius 2 is 2.12 bits per heavy atom. The first-order valence-corrected chi connectivity index (χ1v) is 8.49. The Kier molecular flexibility index (Phi) is 7.09. The number of aryl methyl sites for hydroxylation is 1. The Balaban J connectivity index is 1.77. The van der Waals surface area contributed by atoms with Crippen molar-refractivity contribution in [3.8, 4) is 0 Å². The number of anilines is 1. The van der Waals surface area contributed by atoms with Gasteiger partial charge in [-0.1, -0.05) is 30.0 Å². The quantitative estimate of drug-likeness (QED) is 0.425. The van der Waals surface area contributed by atoms with E-state index >= 15 is 0 Å². The van der Waals surface area contributed by atoms with Crippen molar-refractivity contribution in [3.05, 3.63) is 36.2 Å². The number of aromatic amines is 1. The van der Waals surface area contributed by atoms with Crippen molar-refractivity contribution in [2.24, 2.45) is 0 Å². The van der Waals surface area contributed by atoms with Gasteiger partial charge in [-0.2, -0.15) is 5.10 Å². The van der Waals surface area contributed by atoms with Gasteiger partial charge in [-0.3, -0.25) is 9.89 Å². The maximum absolute atomic E-state index is 12.0. The summed E-state index contributed by atoms with van der Waals surface area (Å²) in [6.07, 6.45) is 2.39. The number of hydrogen-bond acceptors (Lipinski definition) is 5.